The van der Waals surface area contributed by atoms with Crippen molar-refractivity contribution in [3.63, 3.8) is 0 Å². The Labute approximate surface area is 230 Å². The molecule has 10 nitrogen and oxygen atoms in total. The summed E-state index contributed by atoms with van der Waals surface area (Å²) in [6.45, 7) is 0. The standard InChI is InChI=1S/C30H25N3O7/c1-37-28(34)19-12-9-13-20(16-19)40-23-15-8-7-14-22(23)33-26(30(36)39-3)25(29(35)38-2)24(21(17-31)27(33)32)18-10-5-4-6-11-18/h4-16,24H,32H2,1-3H3. The lowest BCUT2D eigenvalue weighted by atomic mass is 9.81. The van der Waals surface area contributed by atoms with E-state index in [-0.39, 0.29) is 45.4 Å². The van der Waals surface area contributed by atoms with Crippen LogP contribution in [0.3, 0.4) is 0 Å². The lowest BCUT2D eigenvalue weighted by molar-refractivity contribution is -0.139. The van der Waals surface area contributed by atoms with Crippen LogP contribution in [0.5, 0.6) is 11.5 Å². The Morgan fingerprint density at radius 3 is 2.12 bits per heavy atom. The average Bonchev–Trinajstić information content (AvgIpc) is 3.00. The van der Waals surface area contributed by atoms with E-state index in [2.05, 4.69) is 6.07 Å². The highest BCUT2D eigenvalue weighted by molar-refractivity contribution is 6.06. The maximum Gasteiger partial charge on any atom is 0.355 e. The van der Waals surface area contributed by atoms with E-state index in [4.69, 9.17) is 24.7 Å². The van der Waals surface area contributed by atoms with E-state index in [0.717, 1.165) is 0 Å². The fourth-order valence-electron chi connectivity index (χ4n) is 4.42. The number of carbonyl (C=O) groups is 3. The van der Waals surface area contributed by atoms with Crippen LogP contribution in [-0.4, -0.2) is 39.2 Å². The highest BCUT2D eigenvalue weighted by Gasteiger charge is 2.43. The van der Waals surface area contributed by atoms with Gasteiger partial charge in [0.05, 0.1) is 55.7 Å². The lowest BCUT2D eigenvalue weighted by Crippen LogP contribution is -2.40. The second kappa shape index (κ2) is 11.9. The molecule has 0 bridgehead atoms. The molecule has 0 radical (unpaired) electrons. The van der Waals surface area contributed by atoms with Gasteiger partial charge in [0.1, 0.15) is 17.3 Å². The van der Waals surface area contributed by atoms with Crippen molar-refractivity contribution in [1.29, 1.82) is 5.26 Å². The number of hydrogen-bond donors (Lipinski definition) is 1. The Balaban J connectivity index is 1.96. The molecule has 1 unspecified atom stereocenters. The minimum absolute atomic E-state index is 0.0155. The van der Waals surface area contributed by atoms with Crippen molar-refractivity contribution >= 4 is 23.6 Å². The van der Waals surface area contributed by atoms with Gasteiger partial charge in [-0.15, -0.1) is 0 Å². The molecule has 1 aliphatic heterocycles. The zero-order valence-electron chi connectivity index (χ0n) is 21.9. The summed E-state index contributed by atoms with van der Waals surface area (Å²) < 4.78 is 21.0. The maximum atomic E-state index is 13.3. The number of nitrogens with zero attached hydrogens (tertiary/aromatic N) is 2. The monoisotopic (exact) mass is 539 g/mol. The molecule has 0 saturated carbocycles. The third kappa shape index (κ3) is 5.08. The molecular formula is C30H25N3O7. The molecule has 0 aromatic heterocycles. The molecule has 3 aromatic carbocycles. The number of allylic oxidation sites excluding steroid dienone is 1. The highest BCUT2D eigenvalue weighted by Crippen LogP contribution is 2.45. The van der Waals surface area contributed by atoms with Crippen LogP contribution in [0.25, 0.3) is 0 Å². The maximum absolute atomic E-state index is 13.3. The van der Waals surface area contributed by atoms with E-state index >= 15 is 0 Å². The summed E-state index contributed by atoms with van der Waals surface area (Å²) in [7, 11) is 3.61. The van der Waals surface area contributed by atoms with E-state index in [9.17, 15) is 19.6 Å². The van der Waals surface area contributed by atoms with Crippen molar-refractivity contribution in [3.8, 4) is 17.6 Å². The topological polar surface area (TPSA) is 141 Å². The Kier molecular flexibility index (Phi) is 8.16. The number of ether oxygens (including phenoxy) is 4. The predicted octanol–water partition coefficient (Wildman–Crippen LogP) is 4.16. The van der Waals surface area contributed by atoms with Crippen LogP contribution in [0.2, 0.25) is 0 Å². The van der Waals surface area contributed by atoms with Crippen LogP contribution in [0.1, 0.15) is 21.8 Å². The molecule has 0 fully saturated rings. The molecule has 10 heteroatoms. The van der Waals surface area contributed by atoms with Crippen molar-refractivity contribution in [3.05, 3.63) is 113 Å². The second-order valence-electron chi connectivity index (χ2n) is 8.42. The minimum atomic E-state index is -1.01. The number of nitriles is 1. The van der Waals surface area contributed by atoms with Gasteiger partial charge in [0.15, 0.2) is 5.75 Å². The molecule has 0 amide bonds. The van der Waals surface area contributed by atoms with E-state index in [1.54, 1.807) is 72.8 Å². The first-order valence-electron chi connectivity index (χ1n) is 12.0. The predicted molar refractivity (Wildman–Crippen MR) is 144 cm³/mol. The van der Waals surface area contributed by atoms with Crippen molar-refractivity contribution in [2.45, 2.75) is 5.92 Å². The lowest BCUT2D eigenvalue weighted by Gasteiger charge is -2.36. The molecule has 4 rings (SSSR count). The molecule has 0 spiro atoms. The Morgan fingerprint density at radius 1 is 0.825 bits per heavy atom. The fraction of sp³-hybridized carbons (Fsp3) is 0.133. The van der Waals surface area contributed by atoms with Crippen molar-refractivity contribution in [2.24, 2.45) is 5.73 Å². The summed E-state index contributed by atoms with van der Waals surface area (Å²) in [6, 6.07) is 23.7. The molecule has 3 aromatic rings. The summed E-state index contributed by atoms with van der Waals surface area (Å²) in [5.74, 6) is -2.90. The zero-order chi connectivity index (χ0) is 28.8. The van der Waals surface area contributed by atoms with E-state index in [0.29, 0.717) is 5.56 Å². The summed E-state index contributed by atoms with van der Waals surface area (Å²) in [5.41, 5.74) is 7.28. The molecule has 40 heavy (non-hydrogen) atoms. The van der Waals surface area contributed by atoms with Gasteiger partial charge in [0.2, 0.25) is 0 Å². The third-order valence-corrected chi connectivity index (χ3v) is 6.20. The van der Waals surface area contributed by atoms with Gasteiger partial charge in [-0.2, -0.15) is 5.26 Å². The summed E-state index contributed by atoms with van der Waals surface area (Å²) >= 11 is 0. The highest BCUT2D eigenvalue weighted by atomic mass is 16.5. The number of hydrogen-bond acceptors (Lipinski definition) is 10. The Morgan fingerprint density at radius 2 is 1.48 bits per heavy atom. The molecule has 1 heterocycles. The number of methoxy groups -OCH3 is 3. The van der Waals surface area contributed by atoms with Crippen molar-refractivity contribution < 1.29 is 33.3 Å². The smallest absolute Gasteiger partial charge is 0.355 e. The van der Waals surface area contributed by atoms with Gasteiger partial charge in [-0.3, -0.25) is 4.90 Å². The quantitative estimate of drug-likeness (QED) is 0.344. The molecule has 2 N–H and O–H groups in total. The molecule has 1 atom stereocenters. The number of rotatable bonds is 7. The van der Waals surface area contributed by atoms with Gasteiger partial charge in [-0.25, -0.2) is 14.4 Å². The van der Waals surface area contributed by atoms with Gasteiger partial charge in [0.25, 0.3) is 0 Å². The Hall–Kier alpha value is -5.56. The Bertz CT molecular complexity index is 1570. The van der Waals surface area contributed by atoms with Crippen LogP contribution >= 0.6 is 0 Å². The zero-order valence-corrected chi connectivity index (χ0v) is 21.9. The number of nitrogens with two attached hydrogens (primary N) is 1. The van der Waals surface area contributed by atoms with E-state index < -0.39 is 23.8 Å². The molecule has 1 aliphatic rings. The van der Waals surface area contributed by atoms with Gasteiger partial charge < -0.3 is 24.7 Å². The summed E-state index contributed by atoms with van der Waals surface area (Å²) in [4.78, 5) is 39.9. The van der Waals surface area contributed by atoms with Crippen LogP contribution in [0.15, 0.2) is 102 Å². The summed E-state index contributed by atoms with van der Waals surface area (Å²) in [5, 5.41) is 10.2. The van der Waals surface area contributed by atoms with Crippen molar-refractivity contribution in [2.75, 3.05) is 26.2 Å². The largest absolute Gasteiger partial charge is 0.466 e. The normalized spacial score (nSPS) is 14.8. The van der Waals surface area contributed by atoms with E-state index in [1.807, 2.05) is 0 Å². The molecular weight excluding hydrogens is 514 g/mol. The number of carbonyl (C=O) groups excluding carboxylic acids is 3. The number of esters is 3. The minimum Gasteiger partial charge on any atom is -0.466 e. The number of benzene rings is 3. The molecule has 202 valence electrons. The van der Waals surface area contributed by atoms with Gasteiger partial charge in [-0.1, -0.05) is 48.5 Å². The van der Waals surface area contributed by atoms with Crippen molar-refractivity contribution in [1.82, 2.24) is 0 Å². The van der Waals surface area contributed by atoms with Crippen LogP contribution in [0.4, 0.5) is 5.69 Å². The average molecular weight is 540 g/mol. The first kappa shape index (κ1) is 27.5. The van der Waals surface area contributed by atoms with Crippen LogP contribution in [-0.2, 0) is 23.8 Å². The van der Waals surface area contributed by atoms with Gasteiger partial charge in [-0.05, 0) is 35.9 Å². The third-order valence-electron chi connectivity index (χ3n) is 6.20. The van der Waals surface area contributed by atoms with Gasteiger partial charge in [0, 0.05) is 0 Å². The first-order chi connectivity index (χ1) is 19.4. The van der Waals surface area contributed by atoms with E-state index in [1.165, 1.54) is 32.3 Å². The summed E-state index contributed by atoms with van der Waals surface area (Å²) in [6.07, 6.45) is 0. The SMILES string of the molecule is COC(=O)C1=C(C(=O)OC)N(c2ccccc2Oc2cccc(C(=O)OC)c2)C(N)=C(C#N)C1c1ccccc1. The van der Waals surface area contributed by atoms with Crippen LogP contribution in [0, 0.1) is 11.3 Å². The van der Waals surface area contributed by atoms with Gasteiger partial charge >= 0.3 is 17.9 Å². The molecule has 0 saturated heterocycles. The first-order valence-corrected chi connectivity index (χ1v) is 12.0. The number of anilines is 1. The second-order valence-corrected chi connectivity index (χ2v) is 8.42. The number of para-hydroxylation sites is 2. The molecule has 0 aliphatic carbocycles. The fourth-order valence-corrected chi connectivity index (χ4v) is 4.42. The van der Waals surface area contributed by atoms with Crippen LogP contribution < -0.4 is 15.4 Å².